The molecule has 0 bridgehead atoms. The molecule has 0 aromatic heterocycles. The maximum absolute atomic E-state index is 10.5. The van der Waals surface area contributed by atoms with E-state index < -0.39 is 0 Å². The van der Waals surface area contributed by atoms with Crippen molar-refractivity contribution in [2.75, 3.05) is 11.9 Å². The van der Waals surface area contributed by atoms with E-state index in [0.717, 1.165) is 17.3 Å². The molecule has 3 heteroatoms. The van der Waals surface area contributed by atoms with Crippen molar-refractivity contribution in [1.82, 2.24) is 0 Å². The molecular formula is C10H13BrO2. The van der Waals surface area contributed by atoms with Gasteiger partial charge in [0.05, 0.1) is 0 Å². The average molecular weight is 245 g/mol. The van der Waals surface area contributed by atoms with E-state index in [1.165, 1.54) is 6.92 Å². The Labute approximate surface area is 86.8 Å². The number of allylic oxidation sites excluding steroid dienone is 2. The second-order valence-corrected chi connectivity index (χ2v) is 3.72. The van der Waals surface area contributed by atoms with Gasteiger partial charge in [0.2, 0.25) is 0 Å². The number of ether oxygens (including phenoxy) is 1. The summed E-state index contributed by atoms with van der Waals surface area (Å²) in [7, 11) is 0. The Morgan fingerprint density at radius 1 is 1.77 bits per heavy atom. The standard InChI is InChI=1S/C10H13BrO2/c1-8(12)13-7-10-4-2-9(6-11)3-5-10/h2,4-5,9H,3,6-7H2,1H3. The van der Waals surface area contributed by atoms with E-state index in [9.17, 15) is 4.79 Å². The summed E-state index contributed by atoms with van der Waals surface area (Å²) < 4.78 is 4.88. The highest BCUT2D eigenvalue weighted by Crippen LogP contribution is 2.18. The third kappa shape index (κ3) is 3.77. The molecule has 2 nitrogen and oxygen atoms in total. The maximum Gasteiger partial charge on any atom is 0.302 e. The number of halogens is 1. The third-order valence-corrected chi connectivity index (χ3v) is 2.74. The summed E-state index contributed by atoms with van der Waals surface area (Å²) in [6.45, 7) is 1.83. The summed E-state index contributed by atoms with van der Waals surface area (Å²) in [5.74, 6) is 0.359. The first kappa shape index (κ1) is 10.5. The van der Waals surface area contributed by atoms with Gasteiger partial charge in [0.25, 0.3) is 0 Å². The van der Waals surface area contributed by atoms with Crippen molar-refractivity contribution in [3.05, 3.63) is 23.8 Å². The van der Waals surface area contributed by atoms with Crippen LogP contribution in [-0.2, 0) is 9.53 Å². The van der Waals surface area contributed by atoms with Crippen molar-refractivity contribution in [3.63, 3.8) is 0 Å². The number of carbonyl (C=O) groups excluding carboxylic acids is 1. The van der Waals surface area contributed by atoms with Gasteiger partial charge in [0.1, 0.15) is 6.61 Å². The molecular weight excluding hydrogens is 232 g/mol. The zero-order chi connectivity index (χ0) is 9.68. The summed E-state index contributed by atoms with van der Waals surface area (Å²) in [6, 6.07) is 0. The number of hydrogen-bond acceptors (Lipinski definition) is 2. The number of hydrogen-bond donors (Lipinski definition) is 0. The fourth-order valence-electron chi connectivity index (χ4n) is 1.12. The molecule has 1 atom stereocenters. The van der Waals surface area contributed by atoms with Gasteiger partial charge in [-0.2, -0.15) is 0 Å². The van der Waals surface area contributed by atoms with Gasteiger partial charge >= 0.3 is 5.97 Å². The predicted molar refractivity (Wildman–Crippen MR) is 55.8 cm³/mol. The van der Waals surface area contributed by atoms with E-state index in [-0.39, 0.29) is 5.97 Å². The van der Waals surface area contributed by atoms with E-state index in [1.54, 1.807) is 0 Å². The SMILES string of the molecule is CC(=O)OCC1=CCC(CBr)C=C1. The second-order valence-electron chi connectivity index (χ2n) is 3.07. The molecule has 0 aromatic carbocycles. The van der Waals surface area contributed by atoms with Gasteiger partial charge in [-0.25, -0.2) is 0 Å². The van der Waals surface area contributed by atoms with Gasteiger partial charge in [-0.05, 0) is 17.9 Å². The minimum atomic E-state index is -0.225. The van der Waals surface area contributed by atoms with Crippen molar-refractivity contribution in [1.29, 1.82) is 0 Å². The molecule has 1 aliphatic carbocycles. The Hall–Kier alpha value is -0.570. The van der Waals surface area contributed by atoms with Gasteiger partial charge in [0.15, 0.2) is 0 Å². The monoisotopic (exact) mass is 244 g/mol. The van der Waals surface area contributed by atoms with Crippen LogP contribution < -0.4 is 0 Å². The molecule has 0 fully saturated rings. The molecule has 1 unspecified atom stereocenters. The first-order chi connectivity index (χ1) is 6.22. The molecule has 72 valence electrons. The van der Waals surface area contributed by atoms with Crippen molar-refractivity contribution >= 4 is 21.9 Å². The first-order valence-corrected chi connectivity index (χ1v) is 5.41. The van der Waals surface area contributed by atoms with Crippen LogP contribution in [0.1, 0.15) is 13.3 Å². The number of carbonyl (C=O) groups is 1. The highest BCUT2D eigenvalue weighted by atomic mass is 79.9. The Morgan fingerprint density at radius 2 is 2.54 bits per heavy atom. The molecule has 0 spiro atoms. The topological polar surface area (TPSA) is 26.3 Å². The average Bonchev–Trinajstić information content (AvgIpc) is 2.15. The molecule has 0 radical (unpaired) electrons. The highest BCUT2D eigenvalue weighted by Gasteiger charge is 2.07. The van der Waals surface area contributed by atoms with Crippen molar-refractivity contribution in [2.45, 2.75) is 13.3 Å². The largest absolute Gasteiger partial charge is 0.461 e. The number of alkyl halides is 1. The molecule has 0 aliphatic heterocycles. The minimum Gasteiger partial charge on any atom is -0.461 e. The minimum absolute atomic E-state index is 0.225. The zero-order valence-corrected chi connectivity index (χ0v) is 9.21. The van der Waals surface area contributed by atoms with Crippen LogP contribution >= 0.6 is 15.9 Å². The summed E-state index contributed by atoms with van der Waals surface area (Å²) in [5, 5.41) is 0.987. The number of rotatable bonds is 3. The molecule has 0 N–H and O–H groups in total. The lowest BCUT2D eigenvalue weighted by Crippen LogP contribution is -2.06. The molecule has 0 saturated heterocycles. The van der Waals surface area contributed by atoms with Gasteiger partial charge in [0, 0.05) is 12.3 Å². The van der Waals surface area contributed by atoms with E-state index in [0.29, 0.717) is 12.5 Å². The Bertz CT molecular complexity index is 243. The molecule has 0 heterocycles. The smallest absolute Gasteiger partial charge is 0.302 e. The van der Waals surface area contributed by atoms with Crippen LogP contribution in [0.5, 0.6) is 0 Å². The Morgan fingerprint density at radius 3 is 3.00 bits per heavy atom. The summed E-state index contributed by atoms with van der Waals surface area (Å²) in [6.07, 6.45) is 7.32. The lowest BCUT2D eigenvalue weighted by Gasteiger charge is -2.13. The zero-order valence-electron chi connectivity index (χ0n) is 7.63. The van der Waals surface area contributed by atoms with Crippen molar-refractivity contribution < 1.29 is 9.53 Å². The van der Waals surface area contributed by atoms with E-state index >= 15 is 0 Å². The van der Waals surface area contributed by atoms with Crippen LogP contribution in [0.4, 0.5) is 0 Å². The number of esters is 1. The summed E-state index contributed by atoms with van der Waals surface area (Å²) >= 11 is 3.43. The van der Waals surface area contributed by atoms with Crippen LogP contribution in [-0.4, -0.2) is 17.9 Å². The molecule has 1 rings (SSSR count). The van der Waals surface area contributed by atoms with Gasteiger partial charge in [-0.1, -0.05) is 34.2 Å². The van der Waals surface area contributed by atoms with Crippen LogP contribution in [0.15, 0.2) is 23.8 Å². The van der Waals surface area contributed by atoms with Crippen molar-refractivity contribution in [2.24, 2.45) is 5.92 Å². The molecule has 0 aromatic rings. The molecule has 0 amide bonds. The van der Waals surface area contributed by atoms with Crippen molar-refractivity contribution in [3.8, 4) is 0 Å². The van der Waals surface area contributed by atoms with E-state index in [1.807, 2.05) is 6.08 Å². The molecule has 1 aliphatic rings. The van der Waals surface area contributed by atoms with Crippen LogP contribution in [0.25, 0.3) is 0 Å². The lowest BCUT2D eigenvalue weighted by atomic mass is 9.99. The lowest BCUT2D eigenvalue weighted by molar-refractivity contribution is -0.139. The van der Waals surface area contributed by atoms with Gasteiger partial charge in [-0.15, -0.1) is 0 Å². The van der Waals surface area contributed by atoms with Crippen LogP contribution in [0.2, 0.25) is 0 Å². The highest BCUT2D eigenvalue weighted by molar-refractivity contribution is 9.09. The fourth-order valence-corrected chi connectivity index (χ4v) is 1.60. The summed E-state index contributed by atoms with van der Waals surface area (Å²) in [4.78, 5) is 10.5. The van der Waals surface area contributed by atoms with Crippen LogP contribution in [0.3, 0.4) is 0 Å². The van der Waals surface area contributed by atoms with Gasteiger partial charge < -0.3 is 4.74 Å². The van der Waals surface area contributed by atoms with Crippen LogP contribution in [0, 0.1) is 5.92 Å². The Balaban J connectivity index is 2.34. The van der Waals surface area contributed by atoms with E-state index in [2.05, 4.69) is 28.1 Å². The molecule has 13 heavy (non-hydrogen) atoms. The normalized spacial score (nSPS) is 21.1. The first-order valence-electron chi connectivity index (χ1n) is 4.29. The molecule has 0 saturated carbocycles. The Kier molecular flexibility index (Phi) is 4.22. The third-order valence-electron chi connectivity index (χ3n) is 1.91. The fraction of sp³-hybridized carbons (Fsp3) is 0.500. The summed E-state index contributed by atoms with van der Waals surface area (Å²) in [5.41, 5.74) is 1.09. The quantitative estimate of drug-likeness (QED) is 0.564. The second kappa shape index (κ2) is 5.22. The maximum atomic E-state index is 10.5. The van der Waals surface area contributed by atoms with Gasteiger partial charge in [-0.3, -0.25) is 4.79 Å². The predicted octanol–water partition coefficient (Wildman–Crippen LogP) is 2.45. The van der Waals surface area contributed by atoms with E-state index in [4.69, 9.17) is 4.74 Å².